The lowest BCUT2D eigenvalue weighted by Crippen LogP contribution is -2.60. The summed E-state index contributed by atoms with van der Waals surface area (Å²) in [6.45, 7) is 13.8. The standard InChI is InChI=1S/C28H31BN2/c1-18-14-20(3)25(21(4)15-18)29-26-22(5)16-19(2)17-28(26,6)24-11-9-8-10-23(24)27-30(7)12-13-31(27)29/h8-17H,1-7H3/t28-/m1/s1. The smallest absolute Gasteiger partial charge is 0.242 e. The molecule has 1 aliphatic heterocycles. The minimum absolute atomic E-state index is 0.148. The van der Waals surface area contributed by atoms with Crippen molar-refractivity contribution in [3.8, 4) is 11.4 Å². The number of imidazole rings is 1. The van der Waals surface area contributed by atoms with E-state index in [0.717, 1.165) is 0 Å². The lowest BCUT2D eigenvalue weighted by Gasteiger charge is -2.41. The molecule has 1 aliphatic carbocycles. The molecule has 156 valence electrons. The number of allylic oxidation sites excluding steroid dienone is 4. The number of aryl methyl sites for hydroxylation is 4. The molecule has 3 aromatic rings. The van der Waals surface area contributed by atoms with Crippen LogP contribution in [0.2, 0.25) is 0 Å². The highest BCUT2D eigenvalue weighted by atomic mass is 15.1. The topological polar surface area (TPSA) is 8.81 Å². The van der Waals surface area contributed by atoms with E-state index in [2.05, 4.69) is 119 Å². The third-order valence-electron chi connectivity index (χ3n) is 7.26. The maximum absolute atomic E-state index is 2.51. The summed E-state index contributed by atoms with van der Waals surface area (Å²) in [5, 5.41) is 0. The van der Waals surface area contributed by atoms with Crippen molar-refractivity contribution in [2.45, 2.75) is 47.0 Å². The summed E-state index contributed by atoms with van der Waals surface area (Å²) in [6, 6.07) is 13.7. The largest absolute Gasteiger partial charge is 0.435 e. The first-order valence-corrected chi connectivity index (χ1v) is 11.2. The van der Waals surface area contributed by atoms with Gasteiger partial charge in [0, 0.05) is 5.41 Å². The van der Waals surface area contributed by atoms with Crippen LogP contribution < -0.4 is 9.94 Å². The van der Waals surface area contributed by atoms with Crippen molar-refractivity contribution in [3.05, 3.63) is 94.3 Å². The number of fused-ring (bicyclic) bond motifs is 5. The highest BCUT2D eigenvalue weighted by Crippen LogP contribution is 2.41. The summed E-state index contributed by atoms with van der Waals surface area (Å²) in [4.78, 5) is 0. The van der Waals surface area contributed by atoms with Gasteiger partial charge in [-0.05, 0) is 46.2 Å². The number of aromatic nitrogens is 2. The van der Waals surface area contributed by atoms with Gasteiger partial charge in [-0.2, -0.15) is 10.9 Å². The van der Waals surface area contributed by atoms with Gasteiger partial charge in [0.1, 0.15) is 12.7 Å². The Labute approximate surface area is 186 Å². The van der Waals surface area contributed by atoms with Gasteiger partial charge < -0.3 is 4.48 Å². The highest BCUT2D eigenvalue weighted by Gasteiger charge is 2.38. The first-order chi connectivity index (χ1) is 14.7. The molecule has 5 rings (SSSR count). The molecule has 0 spiro atoms. The summed E-state index contributed by atoms with van der Waals surface area (Å²) in [7, 11) is 2.17. The van der Waals surface area contributed by atoms with Gasteiger partial charge in [0.2, 0.25) is 5.82 Å². The molecule has 0 saturated carbocycles. The summed E-state index contributed by atoms with van der Waals surface area (Å²) in [5.41, 5.74) is 12.2. The molecule has 0 radical (unpaired) electrons. The Hall–Kier alpha value is -2.94. The molecule has 3 heteroatoms. The molecule has 2 heterocycles. The molecule has 0 fully saturated rings. The van der Waals surface area contributed by atoms with Crippen LogP contribution in [0.15, 0.2) is 72.1 Å². The molecule has 1 aromatic heterocycles. The lowest BCUT2D eigenvalue weighted by molar-refractivity contribution is -0.516. The van der Waals surface area contributed by atoms with Gasteiger partial charge in [-0.3, -0.25) is 0 Å². The molecule has 1 atom stereocenters. The molecule has 0 bridgehead atoms. The van der Waals surface area contributed by atoms with Crippen LogP contribution in [-0.2, 0) is 12.5 Å². The Morgan fingerprint density at radius 3 is 2.35 bits per heavy atom. The van der Waals surface area contributed by atoms with Gasteiger partial charge in [-0.15, -0.1) is 0 Å². The third kappa shape index (κ3) is 2.79. The monoisotopic (exact) mass is 406 g/mol. The Balaban J connectivity index is 2.04. The van der Waals surface area contributed by atoms with Gasteiger partial charge >= 0.3 is 0 Å². The Kier molecular flexibility index (Phi) is 4.38. The van der Waals surface area contributed by atoms with E-state index < -0.39 is 0 Å². The first-order valence-electron chi connectivity index (χ1n) is 11.2. The van der Waals surface area contributed by atoms with E-state index in [4.69, 9.17) is 0 Å². The SMILES string of the molecule is CC1=C[C@@]2(C)C(=[B-](c3c(C)cc(C)cc3C)[n+]3ccn(C)c3-c3ccccc32)C(C)=C1. The van der Waals surface area contributed by atoms with Gasteiger partial charge in [0.05, 0.1) is 18.8 Å². The predicted molar refractivity (Wildman–Crippen MR) is 132 cm³/mol. The molecular weight excluding hydrogens is 375 g/mol. The van der Waals surface area contributed by atoms with Crippen molar-refractivity contribution in [1.29, 1.82) is 0 Å². The molecule has 0 amide bonds. The fourth-order valence-corrected chi connectivity index (χ4v) is 6.33. The van der Waals surface area contributed by atoms with Crippen LogP contribution in [0.25, 0.3) is 11.4 Å². The van der Waals surface area contributed by atoms with Crippen molar-refractivity contribution >= 4 is 17.4 Å². The van der Waals surface area contributed by atoms with E-state index >= 15 is 0 Å². The van der Waals surface area contributed by atoms with Crippen molar-refractivity contribution < 1.29 is 4.48 Å². The van der Waals surface area contributed by atoms with Crippen molar-refractivity contribution in [2.24, 2.45) is 7.05 Å². The summed E-state index contributed by atoms with van der Waals surface area (Å²) in [5.74, 6) is 1.27. The molecule has 0 unspecified atom stereocenters. The van der Waals surface area contributed by atoms with Gasteiger partial charge in [-0.1, -0.05) is 77.2 Å². The molecule has 2 aliphatic rings. The third-order valence-corrected chi connectivity index (χ3v) is 7.26. The van der Waals surface area contributed by atoms with Crippen LogP contribution in [0.3, 0.4) is 0 Å². The molecule has 0 saturated heterocycles. The number of nitrogens with zero attached hydrogens (tertiary/aromatic N) is 2. The van der Waals surface area contributed by atoms with E-state index in [1.807, 2.05) is 0 Å². The Bertz CT molecular complexity index is 1330. The maximum Gasteiger partial charge on any atom is 0.242 e. The van der Waals surface area contributed by atoms with E-state index in [1.54, 1.807) is 0 Å². The van der Waals surface area contributed by atoms with Gasteiger partial charge in [-0.25, -0.2) is 4.57 Å². The summed E-state index contributed by atoms with van der Waals surface area (Å²) >= 11 is 0. The molecule has 31 heavy (non-hydrogen) atoms. The van der Waals surface area contributed by atoms with Crippen molar-refractivity contribution in [2.75, 3.05) is 0 Å². The Morgan fingerprint density at radius 1 is 0.968 bits per heavy atom. The van der Waals surface area contributed by atoms with Crippen molar-refractivity contribution in [1.82, 2.24) is 4.57 Å². The van der Waals surface area contributed by atoms with Crippen molar-refractivity contribution in [3.63, 3.8) is 0 Å². The van der Waals surface area contributed by atoms with Crippen LogP contribution >= 0.6 is 0 Å². The number of benzene rings is 2. The maximum atomic E-state index is 2.51. The second-order valence-corrected chi connectivity index (χ2v) is 9.73. The summed E-state index contributed by atoms with van der Waals surface area (Å²) < 4.78 is 4.79. The van der Waals surface area contributed by atoms with Crippen LogP contribution in [0.4, 0.5) is 0 Å². The minimum atomic E-state index is -0.167. The number of hydrogen-bond acceptors (Lipinski definition) is 0. The highest BCUT2D eigenvalue weighted by molar-refractivity contribution is 6.80. The first kappa shape index (κ1) is 20.0. The quantitative estimate of drug-likeness (QED) is 0.523. The normalized spacial score (nSPS) is 19.8. The zero-order valence-corrected chi connectivity index (χ0v) is 19.7. The second kappa shape index (κ2) is 6.78. The zero-order valence-electron chi connectivity index (χ0n) is 19.7. The van der Waals surface area contributed by atoms with Gasteiger partial charge in [0.25, 0.3) is 0 Å². The minimum Gasteiger partial charge on any atom is -0.435 e. The zero-order chi connectivity index (χ0) is 22.1. The molecular formula is C28H31BN2. The number of hydrogen-bond donors (Lipinski definition) is 0. The van der Waals surface area contributed by atoms with E-state index in [0.29, 0.717) is 0 Å². The molecule has 2 aromatic carbocycles. The van der Waals surface area contributed by atoms with E-state index in [-0.39, 0.29) is 11.9 Å². The average molecular weight is 406 g/mol. The second-order valence-electron chi connectivity index (χ2n) is 9.73. The predicted octanol–water partition coefficient (Wildman–Crippen LogP) is 4.58. The fraction of sp³-hybridized carbons (Fsp3) is 0.286. The average Bonchev–Trinajstić information content (AvgIpc) is 3.02. The van der Waals surface area contributed by atoms with Crippen LogP contribution in [0, 0.1) is 20.8 Å². The fourth-order valence-electron chi connectivity index (χ4n) is 6.33. The lowest BCUT2D eigenvalue weighted by atomic mass is 9.51. The van der Waals surface area contributed by atoms with Crippen LogP contribution in [0.5, 0.6) is 0 Å². The summed E-state index contributed by atoms with van der Waals surface area (Å²) in [6.07, 6.45) is 9.31. The number of rotatable bonds is 1. The molecule has 2 nitrogen and oxygen atoms in total. The van der Waals surface area contributed by atoms with Crippen LogP contribution in [-0.4, -0.2) is 16.5 Å². The van der Waals surface area contributed by atoms with E-state index in [9.17, 15) is 0 Å². The van der Waals surface area contributed by atoms with E-state index in [1.165, 1.54) is 55.7 Å². The van der Waals surface area contributed by atoms with Gasteiger partial charge in [0.15, 0.2) is 0 Å². The van der Waals surface area contributed by atoms with Crippen LogP contribution in [0.1, 0.15) is 43.0 Å². The molecule has 0 N–H and O–H groups in total. The Morgan fingerprint density at radius 2 is 1.65 bits per heavy atom.